The van der Waals surface area contributed by atoms with Gasteiger partial charge >= 0.3 is 11.9 Å². The third-order valence-electron chi connectivity index (χ3n) is 3.10. The number of hydrogen-bond acceptors (Lipinski definition) is 3. The summed E-state index contributed by atoms with van der Waals surface area (Å²) < 4.78 is 5.06. The van der Waals surface area contributed by atoms with Crippen LogP contribution in [-0.4, -0.2) is 29.3 Å². The number of carboxylic acid groups (broad SMARTS) is 2. The first-order chi connectivity index (χ1) is 10.5. The fourth-order valence-corrected chi connectivity index (χ4v) is 1.92. The van der Waals surface area contributed by atoms with Gasteiger partial charge in [0.05, 0.1) is 18.2 Å². The van der Waals surface area contributed by atoms with Crippen molar-refractivity contribution in [2.24, 2.45) is 0 Å². The highest BCUT2D eigenvalue weighted by molar-refractivity contribution is 5.97. The lowest BCUT2D eigenvalue weighted by Crippen LogP contribution is -2.04. The normalized spacial score (nSPS) is 10.6. The Balaban J connectivity index is 2.33. The molecule has 0 radical (unpaired) electrons. The Morgan fingerprint density at radius 1 is 0.955 bits per heavy atom. The van der Waals surface area contributed by atoms with Crippen molar-refractivity contribution < 1.29 is 24.5 Å². The lowest BCUT2D eigenvalue weighted by atomic mass is 10.0. The SMILES string of the molecule is COc1ccc(C=Cc2ccc(C(=O)O)cc2C(=O)O)cc1. The Morgan fingerprint density at radius 3 is 2.18 bits per heavy atom. The standard InChI is InChI=1S/C17H14O5/c1-22-14-8-3-11(4-9-14)2-5-12-6-7-13(16(18)19)10-15(12)17(20)21/h2-10H,1H3,(H,18,19)(H,20,21). The van der Waals surface area contributed by atoms with Gasteiger partial charge in [-0.25, -0.2) is 9.59 Å². The molecule has 0 saturated heterocycles. The molecule has 2 N–H and O–H groups in total. The number of ether oxygens (including phenoxy) is 1. The molecule has 0 atom stereocenters. The van der Waals surface area contributed by atoms with Gasteiger partial charge in [-0.3, -0.25) is 0 Å². The summed E-state index contributed by atoms with van der Waals surface area (Å²) in [5, 5.41) is 18.1. The molecule has 5 nitrogen and oxygen atoms in total. The number of hydrogen-bond donors (Lipinski definition) is 2. The van der Waals surface area contributed by atoms with Crippen molar-refractivity contribution in [1.82, 2.24) is 0 Å². The van der Waals surface area contributed by atoms with Gasteiger partial charge in [0.15, 0.2) is 0 Å². The van der Waals surface area contributed by atoms with Crippen LogP contribution >= 0.6 is 0 Å². The van der Waals surface area contributed by atoms with Crippen LogP contribution in [-0.2, 0) is 0 Å². The highest BCUT2D eigenvalue weighted by Crippen LogP contribution is 2.17. The van der Waals surface area contributed by atoms with Gasteiger partial charge in [0.25, 0.3) is 0 Å². The fourth-order valence-electron chi connectivity index (χ4n) is 1.92. The summed E-state index contributed by atoms with van der Waals surface area (Å²) in [6.07, 6.45) is 3.39. The monoisotopic (exact) mass is 298 g/mol. The maximum atomic E-state index is 11.2. The zero-order chi connectivity index (χ0) is 16.1. The number of methoxy groups -OCH3 is 1. The molecule has 0 fully saturated rings. The van der Waals surface area contributed by atoms with Crippen molar-refractivity contribution >= 4 is 24.1 Å². The third-order valence-corrected chi connectivity index (χ3v) is 3.10. The maximum absolute atomic E-state index is 11.2. The second kappa shape index (κ2) is 6.58. The quantitative estimate of drug-likeness (QED) is 0.828. The van der Waals surface area contributed by atoms with Crippen LogP contribution in [0.4, 0.5) is 0 Å². The zero-order valence-corrected chi connectivity index (χ0v) is 11.8. The molecule has 0 saturated carbocycles. The number of carboxylic acids is 2. The zero-order valence-electron chi connectivity index (χ0n) is 11.8. The molecule has 0 heterocycles. The average molecular weight is 298 g/mol. The van der Waals surface area contributed by atoms with Crippen LogP contribution < -0.4 is 4.74 Å². The predicted octanol–water partition coefficient (Wildman–Crippen LogP) is 3.26. The third kappa shape index (κ3) is 3.52. The molecule has 2 aromatic carbocycles. The van der Waals surface area contributed by atoms with E-state index < -0.39 is 11.9 Å². The van der Waals surface area contributed by atoms with E-state index in [-0.39, 0.29) is 11.1 Å². The van der Waals surface area contributed by atoms with E-state index in [9.17, 15) is 14.7 Å². The molecule has 0 aromatic heterocycles. The lowest BCUT2D eigenvalue weighted by molar-refractivity contribution is 0.0695. The molecule has 0 aliphatic rings. The van der Waals surface area contributed by atoms with E-state index in [0.717, 1.165) is 17.4 Å². The van der Waals surface area contributed by atoms with Gasteiger partial charge in [-0.15, -0.1) is 0 Å². The van der Waals surface area contributed by atoms with Gasteiger partial charge in [-0.05, 0) is 35.4 Å². The van der Waals surface area contributed by atoms with Crippen LogP contribution in [0, 0.1) is 0 Å². The lowest BCUT2D eigenvalue weighted by Gasteiger charge is -2.03. The van der Waals surface area contributed by atoms with E-state index in [0.29, 0.717) is 5.56 Å². The van der Waals surface area contributed by atoms with E-state index >= 15 is 0 Å². The Kier molecular flexibility index (Phi) is 4.58. The van der Waals surface area contributed by atoms with Gasteiger partial charge in [0.2, 0.25) is 0 Å². The van der Waals surface area contributed by atoms with E-state index in [2.05, 4.69) is 0 Å². The molecule has 2 aromatic rings. The topological polar surface area (TPSA) is 83.8 Å². The highest BCUT2D eigenvalue weighted by atomic mass is 16.5. The van der Waals surface area contributed by atoms with Crippen molar-refractivity contribution in [1.29, 1.82) is 0 Å². The van der Waals surface area contributed by atoms with Crippen LogP contribution in [0.25, 0.3) is 12.2 Å². The van der Waals surface area contributed by atoms with Crippen molar-refractivity contribution in [2.75, 3.05) is 7.11 Å². The van der Waals surface area contributed by atoms with Gasteiger partial charge in [-0.1, -0.05) is 30.4 Å². The summed E-state index contributed by atoms with van der Waals surface area (Å²) >= 11 is 0. The Bertz CT molecular complexity index is 729. The molecular weight excluding hydrogens is 284 g/mol. The smallest absolute Gasteiger partial charge is 0.336 e. The van der Waals surface area contributed by atoms with Crippen molar-refractivity contribution in [3.8, 4) is 5.75 Å². The molecule has 2 rings (SSSR count). The van der Waals surface area contributed by atoms with Crippen molar-refractivity contribution in [2.45, 2.75) is 0 Å². The molecular formula is C17H14O5. The van der Waals surface area contributed by atoms with E-state index in [4.69, 9.17) is 9.84 Å². The van der Waals surface area contributed by atoms with Crippen LogP contribution in [0.1, 0.15) is 31.8 Å². The van der Waals surface area contributed by atoms with Gasteiger partial charge < -0.3 is 14.9 Å². The summed E-state index contributed by atoms with van der Waals surface area (Å²) in [4.78, 5) is 22.2. The highest BCUT2D eigenvalue weighted by Gasteiger charge is 2.12. The summed E-state index contributed by atoms with van der Waals surface area (Å²) in [5.74, 6) is -1.60. The van der Waals surface area contributed by atoms with E-state index in [1.165, 1.54) is 12.1 Å². The van der Waals surface area contributed by atoms with Crippen LogP contribution in [0.2, 0.25) is 0 Å². The second-order valence-corrected chi connectivity index (χ2v) is 4.52. The van der Waals surface area contributed by atoms with Gasteiger partial charge in [0, 0.05) is 0 Å². The molecule has 0 aliphatic heterocycles. The molecule has 0 amide bonds. The minimum Gasteiger partial charge on any atom is -0.497 e. The molecule has 0 bridgehead atoms. The number of benzene rings is 2. The summed E-state index contributed by atoms with van der Waals surface area (Å²) in [6, 6.07) is 11.3. The largest absolute Gasteiger partial charge is 0.497 e. The Labute approximate surface area is 127 Å². The van der Waals surface area contributed by atoms with Crippen LogP contribution in [0.3, 0.4) is 0 Å². The molecule has 0 aliphatic carbocycles. The predicted molar refractivity (Wildman–Crippen MR) is 82.3 cm³/mol. The van der Waals surface area contributed by atoms with Crippen molar-refractivity contribution in [3.05, 3.63) is 64.7 Å². The summed E-state index contributed by atoms with van der Waals surface area (Å²) in [7, 11) is 1.58. The molecule has 22 heavy (non-hydrogen) atoms. The van der Waals surface area contributed by atoms with E-state index in [1.807, 2.05) is 12.1 Å². The second-order valence-electron chi connectivity index (χ2n) is 4.52. The van der Waals surface area contributed by atoms with Gasteiger partial charge in [0.1, 0.15) is 5.75 Å². The van der Waals surface area contributed by atoms with Crippen LogP contribution in [0.5, 0.6) is 5.75 Å². The van der Waals surface area contributed by atoms with Crippen molar-refractivity contribution in [3.63, 3.8) is 0 Å². The first kappa shape index (κ1) is 15.3. The molecule has 0 unspecified atom stereocenters. The minimum atomic E-state index is -1.17. The summed E-state index contributed by atoms with van der Waals surface area (Å²) in [6.45, 7) is 0. The number of rotatable bonds is 5. The maximum Gasteiger partial charge on any atom is 0.336 e. The molecule has 0 spiro atoms. The van der Waals surface area contributed by atoms with Crippen LogP contribution in [0.15, 0.2) is 42.5 Å². The average Bonchev–Trinajstić information content (AvgIpc) is 2.53. The Morgan fingerprint density at radius 2 is 1.64 bits per heavy atom. The first-order valence-corrected chi connectivity index (χ1v) is 6.44. The van der Waals surface area contributed by atoms with E-state index in [1.54, 1.807) is 31.4 Å². The van der Waals surface area contributed by atoms with Gasteiger partial charge in [-0.2, -0.15) is 0 Å². The number of aromatic carboxylic acids is 2. The summed E-state index contributed by atoms with van der Waals surface area (Å²) in [5.41, 5.74) is 1.21. The minimum absolute atomic E-state index is 0.0512. The first-order valence-electron chi connectivity index (χ1n) is 6.44. The fraction of sp³-hybridized carbons (Fsp3) is 0.0588. The molecule has 112 valence electrons. The Hall–Kier alpha value is -3.08. The molecule has 5 heteroatoms. The number of carbonyl (C=O) groups is 2.